The summed E-state index contributed by atoms with van der Waals surface area (Å²) in [5.41, 5.74) is 1.53. The Balaban J connectivity index is 1.47. The van der Waals surface area contributed by atoms with Crippen LogP contribution >= 0.6 is 0 Å². The van der Waals surface area contributed by atoms with Crippen molar-refractivity contribution in [2.75, 3.05) is 19.0 Å². The van der Waals surface area contributed by atoms with Gasteiger partial charge in [0.1, 0.15) is 11.5 Å². The summed E-state index contributed by atoms with van der Waals surface area (Å²) in [6, 6.07) is 17.0. The number of hydrogen-bond donors (Lipinski definition) is 1. The molecule has 0 radical (unpaired) electrons. The summed E-state index contributed by atoms with van der Waals surface area (Å²) in [4.78, 5) is 16.5. The zero-order valence-corrected chi connectivity index (χ0v) is 14.1. The Morgan fingerprint density at radius 2 is 1.80 bits per heavy atom. The third kappa shape index (κ3) is 4.47. The Bertz CT molecular complexity index is 842. The third-order valence-corrected chi connectivity index (χ3v) is 3.78. The number of hydrogen-bond acceptors (Lipinski definition) is 4. The standard InChI is InChI=1S/C20H20N2O3/c1-24-16-9-11-17(12-10-16)25-14-4-8-19(23)22-18-7-2-5-15-6-3-13-21-20(15)18/h2-3,5-7,9-13H,4,8,14H2,1H3,(H,22,23). The van der Waals surface area contributed by atoms with Crippen LogP contribution in [0.2, 0.25) is 0 Å². The lowest BCUT2D eigenvalue weighted by Crippen LogP contribution is -2.13. The van der Waals surface area contributed by atoms with Crippen molar-refractivity contribution in [2.45, 2.75) is 12.8 Å². The van der Waals surface area contributed by atoms with Crippen molar-refractivity contribution in [1.29, 1.82) is 0 Å². The number of para-hydroxylation sites is 1. The number of nitrogens with zero attached hydrogens (tertiary/aromatic N) is 1. The molecular formula is C20H20N2O3. The molecule has 0 aliphatic heterocycles. The van der Waals surface area contributed by atoms with E-state index in [1.54, 1.807) is 13.3 Å². The van der Waals surface area contributed by atoms with Crippen LogP contribution in [0.15, 0.2) is 60.8 Å². The van der Waals surface area contributed by atoms with Crippen LogP contribution in [-0.2, 0) is 4.79 Å². The average molecular weight is 336 g/mol. The summed E-state index contributed by atoms with van der Waals surface area (Å²) < 4.78 is 10.7. The first-order chi connectivity index (χ1) is 12.3. The fourth-order valence-electron chi connectivity index (χ4n) is 2.51. The number of rotatable bonds is 7. The van der Waals surface area contributed by atoms with E-state index in [0.717, 1.165) is 28.1 Å². The summed E-state index contributed by atoms with van der Waals surface area (Å²) in [6.45, 7) is 0.480. The molecule has 128 valence electrons. The van der Waals surface area contributed by atoms with Gasteiger partial charge in [0.05, 0.1) is 24.9 Å². The molecular weight excluding hydrogens is 316 g/mol. The van der Waals surface area contributed by atoms with Gasteiger partial charge in [-0.25, -0.2) is 0 Å². The van der Waals surface area contributed by atoms with Crippen molar-refractivity contribution < 1.29 is 14.3 Å². The normalized spacial score (nSPS) is 10.4. The molecule has 0 bridgehead atoms. The van der Waals surface area contributed by atoms with Crippen molar-refractivity contribution in [2.24, 2.45) is 0 Å². The molecule has 1 aromatic heterocycles. The van der Waals surface area contributed by atoms with Crippen LogP contribution in [0.5, 0.6) is 11.5 Å². The highest BCUT2D eigenvalue weighted by Crippen LogP contribution is 2.21. The molecule has 1 heterocycles. The minimum Gasteiger partial charge on any atom is -0.497 e. The van der Waals surface area contributed by atoms with E-state index in [4.69, 9.17) is 9.47 Å². The lowest BCUT2D eigenvalue weighted by molar-refractivity contribution is -0.116. The smallest absolute Gasteiger partial charge is 0.224 e. The first-order valence-corrected chi connectivity index (χ1v) is 8.17. The van der Waals surface area contributed by atoms with Gasteiger partial charge in [-0.15, -0.1) is 0 Å². The summed E-state index contributed by atoms with van der Waals surface area (Å²) in [5, 5.41) is 3.93. The molecule has 0 unspecified atom stereocenters. The monoisotopic (exact) mass is 336 g/mol. The molecule has 3 aromatic rings. The highest BCUT2D eigenvalue weighted by atomic mass is 16.5. The molecule has 0 atom stereocenters. The zero-order valence-electron chi connectivity index (χ0n) is 14.1. The number of ether oxygens (including phenoxy) is 2. The van der Waals surface area contributed by atoms with E-state index in [0.29, 0.717) is 19.4 Å². The summed E-state index contributed by atoms with van der Waals surface area (Å²) >= 11 is 0. The molecule has 25 heavy (non-hydrogen) atoms. The minimum atomic E-state index is -0.0449. The van der Waals surface area contributed by atoms with Gasteiger partial charge in [-0.3, -0.25) is 9.78 Å². The first kappa shape index (κ1) is 16.8. The number of carbonyl (C=O) groups excluding carboxylic acids is 1. The molecule has 0 saturated heterocycles. The van der Waals surface area contributed by atoms with Gasteiger partial charge in [-0.1, -0.05) is 18.2 Å². The Morgan fingerprint density at radius 1 is 1.04 bits per heavy atom. The average Bonchev–Trinajstić information content (AvgIpc) is 2.66. The summed E-state index contributed by atoms with van der Waals surface area (Å²) in [5.74, 6) is 1.51. The molecule has 1 N–H and O–H groups in total. The third-order valence-electron chi connectivity index (χ3n) is 3.78. The van der Waals surface area contributed by atoms with E-state index in [2.05, 4.69) is 10.3 Å². The number of anilines is 1. The fraction of sp³-hybridized carbons (Fsp3) is 0.200. The van der Waals surface area contributed by atoms with Gasteiger partial charge in [0.2, 0.25) is 5.91 Å². The van der Waals surface area contributed by atoms with Gasteiger partial charge in [0.25, 0.3) is 0 Å². The molecule has 0 spiro atoms. The van der Waals surface area contributed by atoms with E-state index in [9.17, 15) is 4.79 Å². The molecule has 1 amide bonds. The number of nitrogens with one attached hydrogen (secondary N) is 1. The number of pyridine rings is 1. The number of fused-ring (bicyclic) bond motifs is 1. The Morgan fingerprint density at radius 3 is 2.60 bits per heavy atom. The van der Waals surface area contributed by atoms with Crippen LogP contribution in [0.3, 0.4) is 0 Å². The second-order valence-corrected chi connectivity index (χ2v) is 5.56. The van der Waals surface area contributed by atoms with Crippen LogP contribution in [-0.4, -0.2) is 24.6 Å². The van der Waals surface area contributed by atoms with Crippen LogP contribution in [0.4, 0.5) is 5.69 Å². The van der Waals surface area contributed by atoms with E-state index in [1.807, 2.05) is 54.6 Å². The number of methoxy groups -OCH3 is 1. The SMILES string of the molecule is COc1ccc(OCCCC(=O)Nc2cccc3cccnc23)cc1. The Labute approximate surface area is 146 Å². The minimum absolute atomic E-state index is 0.0449. The van der Waals surface area contributed by atoms with E-state index >= 15 is 0 Å². The molecule has 2 aromatic carbocycles. The second-order valence-electron chi connectivity index (χ2n) is 5.56. The maximum absolute atomic E-state index is 12.1. The highest BCUT2D eigenvalue weighted by Gasteiger charge is 2.06. The lowest BCUT2D eigenvalue weighted by Gasteiger charge is -2.09. The molecule has 5 heteroatoms. The lowest BCUT2D eigenvalue weighted by atomic mass is 10.2. The van der Waals surface area contributed by atoms with E-state index in [-0.39, 0.29) is 5.91 Å². The number of carbonyl (C=O) groups is 1. The van der Waals surface area contributed by atoms with Gasteiger partial charge in [-0.05, 0) is 42.8 Å². The largest absolute Gasteiger partial charge is 0.497 e. The van der Waals surface area contributed by atoms with Gasteiger partial charge in [-0.2, -0.15) is 0 Å². The van der Waals surface area contributed by atoms with Crippen LogP contribution in [0.25, 0.3) is 10.9 Å². The Hall–Kier alpha value is -3.08. The van der Waals surface area contributed by atoms with Gasteiger partial charge < -0.3 is 14.8 Å². The second kappa shape index (κ2) is 8.15. The topological polar surface area (TPSA) is 60.5 Å². The fourth-order valence-corrected chi connectivity index (χ4v) is 2.51. The molecule has 0 aliphatic carbocycles. The van der Waals surface area contributed by atoms with Gasteiger partial charge >= 0.3 is 0 Å². The number of aromatic nitrogens is 1. The van der Waals surface area contributed by atoms with Crippen molar-refractivity contribution in [3.63, 3.8) is 0 Å². The molecule has 3 rings (SSSR count). The maximum atomic E-state index is 12.1. The van der Waals surface area contributed by atoms with Crippen LogP contribution < -0.4 is 14.8 Å². The molecule has 0 saturated carbocycles. The van der Waals surface area contributed by atoms with Crippen molar-refractivity contribution in [3.8, 4) is 11.5 Å². The summed E-state index contributed by atoms with van der Waals surface area (Å²) in [6.07, 6.45) is 2.75. The molecule has 0 aliphatic rings. The summed E-state index contributed by atoms with van der Waals surface area (Å²) in [7, 11) is 1.62. The van der Waals surface area contributed by atoms with E-state index < -0.39 is 0 Å². The number of benzene rings is 2. The van der Waals surface area contributed by atoms with Crippen LogP contribution in [0, 0.1) is 0 Å². The van der Waals surface area contributed by atoms with E-state index in [1.165, 1.54) is 0 Å². The highest BCUT2D eigenvalue weighted by molar-refractivity contribution is 6.00. The maximum Gasteiger partial charge on any atom is 0.224 e. The molecule has 0 fully saturated rings. The predicted octanol–water partition coefficient (Wildman–Crippen LogP) is 4.04. The van der Waals surface area contributed by atoms with Crippen LogP contribution in [0.1, 0.15) is 12.8 Å². The molecule has 5 nitrogen and oxygen atoms in total. The first-order valence-electron chi connectivity index (χ1n) is 8.17. The van der Waals surface area contributed by atoms with Gasteiger partial charge in [0.15, 0.2) is 0 Å². The predicted molar refractivity (Wildman–Crippen MR) is 98.1 cm³/mol. The van der Waals surface area contributed by atoms with Crippen molar-refractivity contribution >= 4 is 22.5 Å². The number of amides is 1. The Kier molecular flexibility index (Phi) is 5.46. The quantitative estimate of drug-likeness (QED) is 0.662. The van der Waals surface area contributed by atoms with Crippen molar-refractivity contribution in [1.82, 2.24) is 4.98 Å². The van der Waals surface area contributed by atoms with Gasteiger partial charge in [0, 0.05) is 18.0 Å². The zero-order chi connectivity index (χ0) is 17.5. The van der Waals surface area contributed by atoms with Crippen molar-refractivity contribution in [3.05, 3.63) is 60.8 Å².